The molecule has 3 nitrogen and oxygen atoms in total. The van der Waals surface area contributed by atoms with Crippen LogP contribution >= 0.6 is 0 Å². The van der Waals surface area contributed by atoms with Crippen molar-refractivity contribution in [3.8, 4) is 0 Å². The molecule has 0 aromatic rings. The van der Waals surface area contributed by atoms with Gasteiger partial charge in [0.1, 0.15) is 11.5 Å². The summed E-state index contributed by atoms with van der Waals surface area (Å²) in [4.78, 5) is 12.1. The van der Waals surface area contributed by atoms with Gasteiger partial charge in [-0.05, 0) is 19.8 Å². The van der Waals surface area contributed by atoms with Gasteiger partial charge in [-0.3, -0.25) is 0 Å². The average Bonchev–Trinajstić information content (AvgIpc) is 2.76. The van der Waals surface area contributed by atoms with Crippen LogP contribution in [0.25, 0.3) is 0 Å². The van der Waals surface area contributed by atoms with E-state index in [4.69, 9.17) is 0 Å². The number of unbranched alkanes of at least 4 members (excludes halogenated alkanes) is 18. The third kappa shape index (κ3) is 17.6. The summed E-state index contributed by atoms with van der Waals surface area (Å²) in [5.74, 6) is -0.832. The fourth-order valence-corrected chi connectivity index (χ4v) is 4.86. The van der Waals surface area contributed by atoms with Crippen LogP contribution in [0, 0.1) is 0 Å². The van der Waals surface area contributed by atoms with E-state index in [0.717, 1.165) is 32.2 Å². The van der Waals surface area contributed by atoms with Gasteiger partial charge in [-0.15, -0.1) is 0 Å². The summed E-state index contributed by atoms with van der Waals surface area (Å²) < 4.78 is 0. The Kier molecular flexibility index (Phi) is 22.2. The zero-order valence-corrected chi connectivity index (χ0v) is 21.7. The van der Waals surface area contributed by atoms with Crippen LogP contribution in [0.3, 0.4) is 0 Å². The van der Waals surface area contributed by atoms with Crippen molar-refractivity contribution in [3.05, 3.63) is 0 Å². The molecule has 0 saturated carbocycles. The molecule has 0 fully saturated rings. The summed E-state index contributed by atoms with van der Waals surface area (Å²) in [7, 11) is 0. The van der Waals surface area contributed by atoms with E-state index in [2.05, 4.69) is 20.8 Å². The molecule has 0 aliphatic rings. The van der Waals surface area contributed by atoms with E-state index in [1.54, 1.807) is 0 Å². The van der Waals surface area contributed by atoms with Gasteiger partial charge in [0, 0.05) is 12.8 Å². The van der Waals surface area contributed by atoms with Crippen molar-refractivity contribution >= 4 is 5.97 Å². The first kappa shape index (κ1) is 30.4. The molecule has 0 aliphatic heterocycles. The Morgan fingerprint density at radius 1 is 0.548 bits per heavy atom. The van der Waals surface area contributed by atoms with Crippen LogP contribution in [-0.4, -0.2) is 18.1 Å². The van der Waals surface area contributed by atoms with Gasteiger partial charge in [0.05, 0.1) is 6.54 Å². The molecule has 0 saturated heterocycles. The van der Waals surface area contributed by atoms with Crippen molar-refractivity contribution in [2.45, 2.75) is 168 Å². The van der Waals surface area contributed by atoms with Gasteiger partial charge in [0.2, 0.25) is 0 Å². The third-order valence-electron chi connectivity index (χ3n) is 6.95. The van der Waals surface area contributed by atoms with Crippen LogP contribution in [0.4, 0.5) is 0 Å². The molecule has 0 atom stereocenters. The lowest BCUT2D eigenvalue weighted by molar-refractivity contribution is -0.719. The minimum absolute atomic E-state index is 0.685. The van der Waals surface area contributed by atoms with Crippen LogP contribution in [0.1, 0.15) is 162 Å². The Hall–Kier alpha value is -0.570. The number of carbonyl (C=O) groups excluding carboxylic acids is 1. The van der Waals surface area contributed by atoms with E-state index < -0.39 is 11.5 Å². The van der Waals surface area contributed by atoms with Gasteiger partial charge >= 0.3 is 0 Å². The van der Waals surface area contributed by atoms with Crippen molar-refractivity contribution in [2.24, 2.45) is 0 Å². The summed E-state index contributed by atoms with van der Waals surface area (Å²) in [6.45, 7) is 7.41. The van der Waals surface area contributed by atoms with E-state index >= 15 is 0 Å². The number of carboxylic acid groups (broad SMARTS) is 1. The fourth-order valence-electron chi connectivity index (χ4n) is 4.86. The molecule has 0 spiro atoms. The molecule has 0 aromatic carbocycles. The number of nitrogens with two attached hydrogens (primary N) is 1. The molecule has 0 rings (SSSR count). The van der Waals surface area contributed by atoms with E-state index in [-0.39, 0.29) is 0 Å². The highest BCUT2D eigenvalue weighted by molar-refractivity contribution is 5.74. The van der Waals surface area contributed by atoms with Crippen LogP contribution in [0.2, 0.25) is 0 Å². The lowest BCUT2D eigenvalue weighted by Gasteiger charge is -2.32. The molecule has 0 heterocycles. The smallest absolute Gasteiger partial charge is 0.136 e. The highest BCUT2D eigenvalue weighted by Gasteiger charge is 2.33. The molecule has 0 radical (unpaired) electrons. The number of carbonyl (C=O) groups is 1. The minimum Gasteiger partial charge on any atom is -0.544 e. The summed E-state index contributed by atoms with van der Waals surface area (Å²) in [5, 5.41) is 14.1. The monoisotopic (exact) mass is 439 g/mol. The molecule has 0 aromatic heterocycles. The van der Waals surface area contributed by atoms with E-state index in [9.17, 15) is 9.90 Å². The molecule has 2 N–H and O–H groups in total. The molecule has 3 heteroatoms. The van der Waals surface area contributed by atoms with Crippen molar-refractivity contribution in [2.75, 3.05) is 6.54 Å². The first-order valence-electron chi connectivity index (χ1n) is 14.2. The van der Waals surface area contributed by atoms with Gasteiger partial charge in [-0.25, -0.2) is 0 Å². The Morgan fingerprint density at radius 2 is 0.839 bits per heavy atom. The Bertz CT molecular complexity index is 359. The Morgan fingerprint density at radius 3 is 1.10 bits per heavy atom. The quantitative estimate of drug-likeness (QED) is 0.161. The maximum atomic E-state index is 12.1. The SMILES string of the molecule is CCCCCCCCCCCCC(CCCCCCCCCCCC)([NH2+]CC)C(=O)[O-]. The summed E-state index contributed by atoms with van der Waals surface area (Å²) in [5.41, 5.74) is -0.685. The van der Waals surface area contributed by atoms with Crippen LogP contribution in [0.5, 0.6) is 0 Å². The summed E-state index contributed by atoms with van der Waals surface area (Å²) >= 11 is 0. The van der Waals surface area contributed by atoms with Gasteiger partial charge in [-0.2, -0.15) is 0 Å². The normalized spacial score (nSPS) is 11.8. The molecule has 0 unspecified atom stereocenters. The molecular weight excluding hydrogens is 382 g/mol. The molecule has 0 bridgehead atoms. The van der Waals surface area contributed by atoms with E-state index in [1.165, 1.54) is 116 Å². The number of aliphatic carboxylic acids is 1. The van der Waals surface area contributed by atoms with Crippen molar-refractivity contribution in [1.29, 1.82) is 0 Å². The lowest BCUT2D eigenvalue weighted by atomic mass is 9.86. The molecule has 0 amide bonds. The molecule has 31 heavy (non-hydrogen) atoms. The second-order valence-corrected chi connectivity index (χ2v) is 9.92. The van der Waals surface area contributed by atoms with E-state index in [0.29, 0.717) is 0 Å². The number of hydrogen-bond donors (Lipinski definition) is 1. The lowest BCUT2D eigenvalue weighted by Crippen LogP contribution is -3.00. The van der Waals surface area contributed by atoms with Gasteiger partial charge in [0.15, 0.2) is 0 Å². The second-order valence-electron chi connectivity index (χ2n) is 9.92. The largest absolute Gasteiger partial charge is 0.544 e. The molecule has 0 aliphatic carbocycles. The third-order valence-corrected chi connectivity index (χ3v) is 6.95. The predicted octanol–water partition coefficient (Wildman–Crippen LogP) is 6.68. The highest BCUT2D eigenvalue weighted by atomic mass is 16.4. The maximum Gasteiger partial charge on any atom is 0.136 e. The standard InChI is InChI=1S/C28H57NO2/c1-4-7-9-11-13-15-17-19-21-23-25-28(27(30)31,29-6-3)26-24-22-20-18-16-14-12-10-8-5-2/h29H,4-26H2,1-3H3,(H,30,31). The number of quaternary nitrogens is 1. The number of likely N-dealkylation sites (N-methyl/N-ethyl adjacent to an activating group) is 1. The maximum absolute atomic E-state index is 12.1. The summed E-state index contributed by atoms with van der Waals surface area (Å²) in [6.07, 6.45) is 27.4. The van der Waals surface area contributed by atoms with Crippen molar-refractivity contribution in [3.63, 3.8) is 0 Å². The van der Waals surface area contributed by atoms with Gasteiger partial charge in [-0.1, -0.05) is 129 Å². The van der Waals surface area contributed by atoms with E-state index in [1.807, 2.05) is 5.32 Å². The Balaban J connectivity index is 3.96. The van der Waals surface area contributed by atoms with Crippen LogP contribution < -0.4 is 10.4 Å². The zero-order valence-electron chi connectivity index (χ0n) is 21.7. The highest BCUT2D eigenvalue weighted by Crippen LogP contribution is 2.21. The average molecular weight is 440 g/mol. The summed E-state index contributed by atoms with van der Waals surface area (Å²) in [6, 6.07) is 0. The Labute approximate surface area is 195 Å². The number of carboxylic acids is 1. The van der Waals surface area contributed by atoms with Gasteiger partial charge < -0.3 is 15.2 Å². The topological polar surface area (TPSA) is 56.7 Å². The fraction of sp³-hybridized carbons (Fsp3) is 0.964. The molecule has 186 valence electrons. The van der Waals surface area contributed by atoms with Crippen molar-refractivity contribution in [1.82, 2.24) is 0 Å². The number of rotatable bonds is 25. The van der Waals surface area contributed by atoms with Crippen LogP contribution in [-0.2, 0) is 4.79 Å². The minimum atomic E-state index is -0.832. The van der Waals surface area contributed by atoms with Gasteiger partial charge in [0.25, 0.3) is 0 Å². The predicted molar refractivity (Wildman–Crippen MR) is 133 cm³/mol. The first-order valence-corrected chi connectivity index (χ1v) is 14.2. The van der Waals surface area contributed by atoms with Crippen LogP contribution in [0.15, 0.2) is 0 Å². The van der Waals surface area contributed by atoms with Crippen molar-refractivity contribution < 1.29 is 15.2 Å². The first-order chi connectivity index (χ1) is 15.1. The second kappa shape index (κ2) is 22.6. The molecular formula is C28H57NO2. The zero-order chi connectivity index (χ0) is 23.0. The number of hydrogen-bond acceptors (Lipinski definition) is 2.